The van der Waals surface area contributed by atoms with E-state index in [9.17, 15) is 4.79 Å². The van der Waals surface area contributed by atoms with Gasteiger partial charge in [-0.3, -0.25) is 4.79 Å². The zero-order chi connectivity index (χ0) is 18.4. The van der Waals surface area contributed by atoms with E-state index in [1.807, 2.05) is 17.5 Å². The van der Waals surface area contributed by atoms with E-state index in [2.05, 4.69) is 48.4 Å². The van der Waals surface area contributed by atoms with Crippen LogP contribution in [0.1, 0.15) is 46.6 Å². The molecule has 1 heterocycles. The number of ether oxygens (including phenoxy) is 1. The molecular formula is C21H22N2O2S. The van der Waals surface area contributed by atoms with Crippen LogP contribution in [0.15, 0.2) is 59.4 Å². The van der Waals surface area contributed by atoms with Gasteiger partial charge in [-0.25, -0.2) is 4.98 Å². The number of carbonyl (C=O) groups excluding carboxylic acids is 1. The molecule has 0 aliphatic rings. The van der Waals surface area contributed by atoms with Crippen LogP contribution in [0.25, 0.3) is 0 Å². The van der Waals surface area contributed by atoms with Gasteiger partial charge in [-0.2, -0.15) is 0 Å². The molecule has 0 aliphatic carbocycles. The first-order valence-electron chi connectivity index (χ1n) is 8.63. The summed E-state index contributed by atoms with van der Waals surface area (Å²) in [4.78, 5) is 16.7. The topological polar surface area (TPSA) is 51.2 Å². The maximum atomic E-state index is 12.5. The summed E-state index contributed by atoms with van der Waals surface area (Å²) in [5, 5.41) is 5.06. The number of amides is 1. The van der Waals surface area contributed by atoms with E-state index in [4.69, 9.17) is 4.74 Å². The summed E-state index contributed by atoms with van der Waals surface area (Å²) in [5.74, 6) is 0.642. The van der Waals surface area contributed by atoms with Crippen LogP contribution in [0.3, 0.4) is 0 Å². The number of thiazole rings is 1. The molecule has 0 fully saturated rings. The summed E-state index contributed by atoms with van der Waals surface area (Å²) < 4.78 is 5.68. The highest BCUT2D eigenvalue weighted by atomic mass is 32.1. The minimum atomic E-state index is -0.0801. The van der Waals surface area contributed by atoms with Crippen molar-refractivity contribution in [2.45, 2.75) is 32.9 Å². The second-order valence-electron chi connectivity index (χ2n) is 6.14. The van der Waals surface area contributed by atoms with Gasteiger partial charge < -0.3 is 10.1 Å². The van der Waals surface area contributed by atoms with Crippen molar-refractivity contribution in [3.05, 3.63) is 81.8 Å². The molecule has 2 aromatic carbocycles. The monoisotopic (exact) mass is 366 g/mol. The van der Waals surface area contributed by atoms with Crippen molar-refractivity contribution in [1.82, 2.24) is 10.3 Å². The molecule has 1 N–H and O–H groups in total. The van der Waals surface area contributed by atoms with E-state index >= 15 is 0 Å². The lowest BCUT2D eigenvalue weighted by Crippen LogP contribution is -2.28. The highest BCUT2D eigenvalue weighted by molar-refractivity contribution is 7.07. The predicted octanol–water partition coefficient (Wildman–Crippen LogP) is 4.91. The van der Waals surface area contributed by atoms with Gasteiger partial charge in [0.1, 0.15) is 12.4 Å². The predicted molar refractivity (Wildman–Crippen MR) is 105 cm³/mol. The molecule has 0 bridgehead atoms. The quantitative estimate of drug-likeness (QED) is 0.646. The third kappa shape index (κ3) is 4.70. The third-order valence-corrected chi connectivity index (χ3v) is 4.82. The SMILES string of the molecule is CC[C@H](NC(=O)c1ccc(OCc2cscn2)cc1)c1ccc(C)cc1. The van der Waals surface area contributed by atoms with E-state index in [1.54, 1.807) is 29.0 Å². The lowest BCUT2D eigenvalue weighted by molar-refractivity contribution is 0.0935. The maximum absolute atomic E-state index is 12.5. The molecule has 0 unspecified atom stereocenters. The smallest absolute Gasteiger partial charge is 0.251 e. The van der Waals surface area contributed by atoms with E-state index in [0.29, 0.717) is 12.2 Å². The Kier molecular flexibility index (Phi) is 6.02. The van der Waals surface area contributed by atoms with Crippen molar-refractivity contribution in [2.75, 3.05) is 0 Å². The van der Waals surface area contributed by atoms with Gasteiger partial charge in [0.15, 0.2) is 0 Å². The van der Waals surface area contributed by atoms with Gasteiger partial charge in [-0.15, -0.1) is 11.3 Å². The number of benzene rings is 2. The number of aryl methyl sites for hydroxylation is 1. The van der Waals surface area contributed by atoms with E-state index in [1.165, 1.54) is 5.56 Å². The zero-order valence-electron chi connectivity index (χ0n) is 14.9. The van der Waals surface area contributed by atoms with Gasteiger partial charge in [-0.05, 0) is 43.2 Å². The minimum Gasteiger partial charge on any atom is -0.487 e. The highest BCUT2D eigenvalue weighted by Gasteiger charge is 2.14. The van der Waals surface area contributed by atoms with Crippen LogP contribution < -0.4 is 10.1 Å². The van der Waals surface area contributed by atoms with Gasteiger partial charge in [0.05, 0.1) is 17.2 Å². The van der Waals surface area contributed by atoms with Crippen LogP contribution in [-0.4, -0.2) is 10.9 Å². The number of carbonyl (C=O) groups is 1. The molecule has 0 spiro atoms. The van der Waals surface area contributed by atoms with Crippen LogP contribution in [-0.2, 0) is 6.61 Å². The molecule has 1 aromatic heterocycles. The highest BCUT2D eigenvalue weighted by Crippen LogP contribution is 2.19. The van der Waals surface area contributed by atoms with Crippen molar-refractivity contribution in [3.8, 4) is 5.75 Å². The summed E-state index contributed by atoms with van der Waals surface area (Å²) in [6.45, 7) is 4.56. The molecule has 4 nitrogen and oxygen atoms in total. The number of nitrogens with zero attached hydrogens (tertiary/aromatic N) is 1. The van der Waals surface area contributed by atoms with Crippen molar-refractivity contribution in [2.24, 2.45) is 0 Å². The summed E-state index contributed by atoms with van der Waals surface area (Å²) in [6, 6.07) is 15.5. The third-order valence-electron chi connectivity index (χ3n) is 4.18. The molecule has 0 saturated carbocycles. The summed E-state index contributed by atoms with van der Waals surface area (Å²) in [5.41, 5.74) is 5.64. The molecule has 1 amide bonds. The second kappa shape index (κ2) is 8.63. The Morgan fingerprint density at radius 1 is 1.15 bits per heavy atom. The fourth-order valence-corrected chi connectivity index (χ4v) is 3.17. The van der Waals surface area contributed by atoms with Crippen LogP contribution in [0.4, 0.5) is 0 Å². The number of hydrogen-bond acceptors (Lipinski definition) is 4. The number of nitrogens with one attached hydrogen (secondary N) is 1. The van der Waals surface area contributed by atoms with Crippen molar-refractivity contribution >= 4 is 17.2 Å². The molecular weight excluding hydrogens is 344 g/mol. The normalized spacial score (nSPS) is 11.8. The van der Waals surface area contributed by atoms with E-state index in [-0.39, 0.29) is 11.9 Å². The van der Waals surface area contributed by atoms with Crippen LogP contribution >= 0.6 is 11.3 Å². The fourth-order valence-electron chi connectivity index (χ4n) is 2.63. The Labute approximate surface area is 157 Å². The average molecular weight is 366 g/mol. The Morgan fingerprint density at radius 3 is 2.50 bits per heavy atom. The van der Waals surface area contributed by atoms with Crippen molar-refractivity contribution < 1.29 is 9.53 Å². The first-order valence-corrected chi connectivity index (χ1v) is 9.57. The lowest BCUT2D eigenvalue weighted by Gasteiger charge is -2.18. The summed E-state index contributed by atoms with van der Waals surface area (Å²) >= 11 is 1.54. The van der Waals surface area contributed by atoms with Gasteiger partial charge in [0, 0.05) is 10.9 Å². The molecule has 0 radical (unpaired) electrons. The zero-order valence-corrected chi connectivity index (χ0v) is 15.8. The number of hydrogen-bond donors (Lipinski definition) is 1. The van der Waals surface area contributed by atoms with Crippen molar-refractivity contribution in [1.29, 1.82) is 0 Å². The van der Waals surface area contributed by atoms with Crippen molar-refractivity contribution in [3.63, 3.8) is 0 Å². The Hall–Kier alpha value is -2.66. The maximum Gasteiger partial charge on any atom is 0.251 e. The molecule has 0 saturated heterocycles. The molecule has 3 aromatic rings. The van der Waals surface area contributed by atoms with E-state index < -0.39 is 0 Å². The standard InChI is InChI=1S/C21H22N2O2S/c1-3-20(16-6-4-15(2)5-7-16)23-21(24)17-8-10-19(11-9-17)25-12-18-13-26-14-22-18/h4-11,13-14,20H,3,12H2,1-2H3,(H,23,24)/t20-/m0/s1. The van der Waals surface area contributed by atoms with Gasteiger partial charge in [-0.1, -0.05) is 36.8 Å². The average Bonchev–Trinajstić information content (AvgIpc) is 3.19. The second-order valence-corrected chi connectivity index (χ2v) is 6.86. The number of rotatable bonds is 7. The Morgan fingerprint density at radius 2 is 1.88 bits per heavy atom. The van der Waals surface area contributed by atoms with Gasteiger partial charge in [0.25, 0.3) is 5.91 Å². The van der Waals surface area contributed by atoms with E-state index in [0.717, 1.165) is 23.4 Å². The number of aromatic nitrogens is 1. The first-order chi connectivity index (χ1) is 12.7. The molecule has 5 heteroatoms. The first kappa shape index (κ1) is 18.1. The van der Waals surface area contributed by atoms with Gasteiger partial charge >= 0.3 is 0 Å². The Bertz CT molecular complexity index is 827. The lowest BCUT2D eigenvalue weighted by atomic mass is 10.0. The Balaban J connectivity index is 1.60. The van der Waals surface area contributed by atoms with Crippen LogP contribution in [0, 0.1) is 6.92 Å². The van der Waals surface area contributed by atoms with Crippen LogP contribution in [0.2, 0.25) is 0 Å². The molecule has 0 aliphatic heterocycles. The fraction of sp³-hybridized carbons (Fsp3) is 0.238. The largest absolute Gasteiger partial charge is 0.487 e. The molecule has 3 rings (SSSR count). The molecule has 1 atom stereocenters. The van der Waals surface area contributed by atoms with Gasteiger partial charge in [0.2, 0.25) is 0 Å². The molecule has 134 valence electrons. The summed E-state index contributed by atoms with van der Waals surface area (Å²) in [7, 11) is 0. The minimum absolute atomic E-state index is 0.00342. The molecule has 26 heavy (non-hydrogen) atoms. The van der Waals surface area contributed by atoms with Crippen LogP contribution in [0.5, 0.6) is 5.75 Å². The summed E-state index contributed by atoms with van der Waals surface area (Å²) in [6.07, 6.45) is 0.837.